The highest BCUT2D eigenvalue weighted by atomic mass is 16.4. The first-order chi connectivity index (χ1) is 8.49. The SMILES string of the molecule is O=C1CNC(C(=O)N2CC(O)C[C@H]2C(=O)O)CN1. The molecule has 2 aliphatic rings. The van der Waals surface area contributed by atoms with Gasteiger partial charge in [0.15, 0.2) is 0 Å². The molecular formula is C10H15N3O5. The predicted octanol–water partition coefficient (Wildman–Crippen LogP) is -2.88. The first-order valence-electron chi connectivity index (χ1n) is 5.70. The smallest absolute Gasteiger partial charge is 0.326 e. The van der Waals surface area contributed by atoms with E-state index in [9.17, 15) is 19.5 Å². The molecule has 2 rings (SSSR count). The van der Waals surface area contributed by atoms with Gasteiger partial charge in [-0.2, -0.15) is 0 Å². The van der Waals surface area contributed by atoms with Gasteiger partial charge in [0, 0.05) is 19.5 Å². The molecule has 2 aliphatic heterocycles. The Bertz CT molecular complexity index is 376. The number of amides is 2. The Morgan fingerprint density at radius 3 is 2.67 bits per heavy atom. The molecule has 0 aromatic rings. The van der Waals surface area contributed by atoms with E-state index in [0.717, 1.165) is 4.90 Å². The molecule has 0 saturated carbocycles. The van der Waals surface area contributed by atoms with Crippen LogP contribution >= 0.6 is 0 Å². The zero-order valence-corrected chi connectivity index (χ0v) is 9.63. The van der Waals surface area contributed by atoms with Crippen LogP contribution < -0.4 is 10.6 Å². The highest BCUT2D eigenvalue weighted by molar-refractivity contribution is 5.90. The van der Waals surface area contributed by atoms with Crippen LogP contribution in [0, 0.1) is 0 Å². The van der Waals surface area contributed by atoms with Crippen LogP contribution in [0.5, 0.6) is 0 Å². The maximum Gasteiger partial charge on any atom is 0.326 e. The van der Waals surface area contributed by atoms with Crippen molar-refractivity contribution < 1.29 is 24.6 Å². The summed E-state index contributed by atoms with van der Waals surface area (Å²) < 4.78 is 0. The Morgan fingerprint density at radius 2 is 2.11 bits per heavy atom. The Labute approximate surface area is 103 Å². The summed E-state index contributed by atoms with van der Waals surface area (Å²) in [7, 11) is 0. The summed E-state index contributed by atoms with van der Waals surface area (Å²) in [5.41, 5.74) is 0. The average Bonchev–Trinajstić information content (AvgIpc) is 2.71. The fraction of sp³-hybridized carbons (Fsp3) is 0.700. The number of carboxylic acids is 1. The number of aliphatic carboxylic acids is 1. The monoisotopic (exact) mass is 257 g/mol. The highest BCUT2D eigenvalue weighted by Gasteiger charge is 2.41. The van der Waals surface area contributed by atoms with Crippen LogP contribution in [-0.4, -0.2) is 70.7 Å². The number of carbonyl (C=O) groups excluding carboxylic acids is 2. The molecule has 0 bridgehead atoms. The van der Waals surface area contributed by atoms with Crippen molar-refractivity contribution in [2.24, 2.45) is 0 Å². The van der Waals surface area contributed by atoms with Crippen molar-refractivity contribution in [1.29, 1.82) is 0 Å². The number of carbonyl (C=O) groups is 3. The van der Waals surface area contributed by atoms with Crippen molar-refractivity contribution in [3.8, 4) is 0 Å². The second kappa shape index (κ2) is 4.91. The van der Waals surface area contributed by atoms with Gasteiger partial charge in [0.25, 0.3) is 0 Å². The first-order valence-corrected chi connectivity index (χ1v) is 5.70. The summed E-state index contributed by atoms with van der Waals surface area (Å²) >= 11 is 0. The average molecular weight is 257 g/mol. The topological polar surface area (TPSA) is 119 Å². The molecule has 2 fully saturated rings. The molecule has 2 saturated heterocycles. The molecule has 18 heavy (non-hydrogen) atoms. The van der Waals surface area contributed by atoms with Gasteiger partial charge in [-0.3, -0.25) is 14.9 Å². The van der Waals surface area contributed by atoms with Crippen LogP contribution in [0.25, 0.3) is 0 Å². The normalized spacial score (nSPS) is 32.2. The number of aliphatic hydroxyl groups excluding tert-OH is 1. The fourth-order valence-electron chi connectivity index (χ4n) is 2.23. The third-order valence-corrected chi connectivity index (χ3v) is 3.16. The molecule has 3 atom stereocenters. The molecule has 2 heterocycles. The van der Waals surface area contributed by atoms with Crippen LogP contribution in [0.3, 0.4) is 0 Å². The number of β-amino-alcohol motifs (C(OH)–C–C–N with tert-alkyl or cyclic N) is 1. The van der Waals surface area contributed by atoms with Gasteiger partial charge in [0.2, 0.25) is 11.8 Å². The van der Waals surface area contributed by atoms with Crippen LogP contribution in [-0.2, 0) is 14.4 Å². The van der Waals surface area contributed by atoms with Crippen molar-refractivity contribution in [2.75, 3.05) is 19.6 Å². The molecule has 0 aliphatic carbocycles. The molecule has 8 nitrogen and oxygen atoms in total. The molecule has 8 heteroatoms. The van der Waals surface area contributed by atoms with Gasteiger partial charge in [0.05, 0.1) is 12.6 Å². The number of hydrogen-bond donors (Lipinski definition) is 4. The zero-order chi connectivity index (χ0) is 13.3. The second-order valence-corrected chi connectivity index (χ2v) is 4.47. The molecule has 4 N–H and O–H groups in total. The van der Waals surface area contributed by atoms with Crippen molar-refractivity contribution >= 4 is 17.8 Å². The number of rotatable bonds is 2. The number of likely N-dealkylation sites (tertiary alicyclic amines) is 1. The maximum absolute atomic E-state index is 12.1. The van der Waals surface area contributed by atoms with Crippen molar-refractivity contribution in [1.82, 2.24) is 15.5 Å². The number of aliphatic hydroxyl groups is 1. The highest BCUT2D eigenvalue weighted by Crippen LogP contribution is 2.19. The maximum atomic E-state index is 12.1. The molecule has 0 spiro atoms. The zero-order valence-electron chi connectivity index (χ0n) is 9.63. The third kappa shape index (κ3) is 2.44. The lowest BCUT2D eigenvalue weighted by atomic mass is 10.1. The fourth-order valence-corrected chi connectivity index (χ4v) is 2.23. The predicted molar refractivity (Wildman–Crippen MR) is 58.6 cm³/mol. The van der Waals surface area contributed by atoms with E-state index in [4.69, 9.17) is 5.11 Å². The second-order valence-electron chi connectivity index (χ2n) is 4.47. The van der Waals surface area contributed by atoms with E-state index < -0.39 is 30.1 Å². The quantitative estimate of drug-likeness (QED) is 0.422. The van der Waals surface area contributed by atoms with E-state index in [-0.39, 0.29) is 32.0 Å². The molecule has 100 valence electrons. The first kappa shape index (κ1) is 12.8. The largest absolute Gasteiger partial charge is 0.480 e. The number of carboxylic acid groups (broad SMARTS) is 1. The van der Waals surface area contributed by atoms with Crippen molar-refractivity contribution in [3.05, 3.63) is 0 Å². The molecule has 0 aromatic carbocycles. The molecule has 0 radical (unpaired) electrons. The minimum atomic E-state index is -1.13. The van der Waals surface area contributed by atoms with Crippen LogP contribution in [0.4, 0.5) is 0 Å². The Kier molecular flexibility index (Phi) is 3.48. The lowest BCUT2D eigenvalue weighted by molar-refractivity contribution is -0.149. The van der Waals surface area contributed by atoms with E-state index in [0.29, 0.717) is 0 Å². The van der Waals surface area contributed by atoms with E-state index >= 15 is 0 Å². The van der Waals surface area contributed by atoms with Crippen molar-refractivity contribution in [2.45, 2.75) is 24.6 Å². The minimum Gasteiger partial charge on any atom is -0.480 e. The van der Waals surface area contributed by atoms with Crippen LogP contribution in [0.15, 0.2) is 0 Å². The van der Waals surface area contributed by atoms with Crippen molar-refractivity contribution in [3.63, 3.8) is 0 Å². The van der Waals surface area contributed by atoms with Crippen LogP contribution in [0.1, 0.15) is 6.42 Å². The summed E-state index contributed by atoms with van der Waals surface area (Å²) in [5, 5.41) is 23.7. The van der Waals surface area contributed by atoms with E-state index in [1.54, 1.807) is 0 Å². The van der Waals surface area contributed by atoms with Gasteiger partial charge in [-0.15, -0.1) is 0 Å². The number of nitrogens with one attached hydrogen (secondary N) is 2. The minimum absolute atomic E-state index is 0.0158. The lowest BCUT2D eigenvalue weighted by Crippen LogP contribution is -2.59. The molecular weight excluding hydrogens is 242 g/mol. The van der Waals surface area contributed by atoms with Gasteiger partial charge >= 0.3 is 5.97 Å². The molecule has 2 unspecified atom stereocenters. The van der Waals surface area contributed by atoms with Gasteiger partial charge in [-0.05, 0) is 0 Å². The van der Waals surface area contributed by atoms with Gasteiger partial charge in [-0.25, -0.2) is 4.79 Å². The van der Waals surface area contributed by atoms with E-state index in [1.807, 2.05) is 0 Å². The lowest BCUT2D eigenvalue weighted by Gasteiger charge is -2.29. The summed E-state index contributed by atoms with van der Waals surface area (Å²) in [6, 6.07) is -1.62. The Morgan fingerprint density at radius 1 is 1.39 bits per heavy atom. The number of hydrogen-bond acceptors (Lipinski definition) is 5. The number of piperazine rings is 1. The molecule has 2 amide bonds. The Hall–Kier alpha value is -1.67. The summed E-state index contributed by atoms with van der Waals surface area (Å²) in [6.45, 7) is 0.184. The van der Waals surface area contributed by atoms with Gasteiger partial charge < -0.3 is 20.4 Å². The summed E-state index contributed by atoms with van der Waals surface area (Å²) in [6.07, 6.45) is -0.770. The van der Waals surface area contributed by atoms with Gasteiger partial charge in [-0.1, -0.05) is 0 Å². The van der Waals surface area contributed by atoms with Gasteiger partial charge in [0.1, 0.15) is 12.1 Å². The Balaban J connectivity index is 2.03. The van der Waals surface area contributed by atoms with E-state index in [1.165, 1.54) is 0 Å². The standard InChI is InChI=1S/C10H15N3O5/c14-5-1-7(10(17)18)13(4-5)9(16)6-2-12-8(15)3-11-6/h5-7,11,14H,1-4H2,(H,12,15)(H,17,18)/t5?,6?,7-/m0/s1. The third-order valence-electron chi connectivity index (χ3n) is 3.16. The van der Waals surface area contributed by atoms with Crippen LogP contribution in [0.2, 0.25) is 0 Å². The summed E-state index contributed by atoms with van der Waals surface area (Å²) in [5.74, 6) is -1.73. The molecule has 0 aromatic heterocycles. The number of nitrogens with zero attached hydrogens (tertiary/aromatic N) is 1. The van der Waals surface area contributed by atoms with E-state index in [2.05, 4.69) is 10.6 Å². The summed E-state index contributed by atoms with van der Waals surface area (Å²) in [4.78, 5) is 35.2.